The fraction of sp³-hybridized carbons (Fsp3) is 0.440. The van der Waals surface area contributed by atoms with Gasteiger partial charge in [-0.05, 0) is 69.8 Å². The first-order chi connectivity index (χ1) is 14.4. The molecule has 2 aliphatic heterocycles. The topological polar surface area (TPSA) is 57.8 Å². The van der Waals surface area contributed by atoms with Crippen LogP contribution in [0.2, 0.25) is 0 Å². The van der Waals surface area contributed by atoms with Crippen molar-refractivity contribution in [2.75, 3.05) is 7.05 Å². The number of fused-ring (bicyclic) bond motifs is 6. The molecule has 2 bridgehead atoms. The van der Waals surface area contributed by atoms with Gasteiger partial charge >= 0.3 is 5.97 Å². The number of hydrogen-bond donors (Lipinski definition) is 1. The largest absolute Gasteiger partial charge is 0.481 e. The molecule has 3 atom stereocenters. The molecule has 1 fully saturated rings. The quantitative estimate of drug-likeness (QED) is 0.527. The van der Waals surface area contributed by atoms with Crippen LogP contribution in [0, 0.1) is 12.8 Å². The molecule has 158 valence electrons. The van der Waals surface area contributed by atoms with Crippen LogP contribution in [0.5, 0.6) is 0 Å². The Hall–Kier alpha value is -2.66. The Morgan fingerprint density at radius 3 is 2.90 bits per heavy atom. The number of hydrogen-bond acceptors (Lipinski definition) is 3. The molecular weight excluding hydrogens is 374 g/mol. The number of carboxylic acids is 1. The molecular formula is C25H31N3O2. The molecule has 5 nitrogen and oxygen atoms in total. The summed E-state index contributed by atoms with van der Waals surface area (Å²) in [6, 6.07) is 7.73. The zero-order chi connectivity index (χ0) is 21.4. The van der Waals surface area contributed by atoms with E-state index in [1.54, 1.807) is 6.20 Å². The van der Waals surface area contributed by atoms with Crippen LogP contribution in [0.4, 0.5) is 0 Å². The van der Waals surface area contributed by atoms with Gasteiger partial charge in [-0.3, -0.25) is 14.7 Å². The van der Waals surface area contributed by atoms with Crippen molar-refractivity contribution in [2.45, 2.75) is 58.2 Å². The molecule has 4 rings (SSSR count). The maximum Gasteiger partial charge on any atom is 0.304 e. The van der Waals surface area contributed by atoms with E-state index >= 15 is 0 Å². The minimum atomic E-state index is -0.778. The Balaban J connectivity index is 1.84. The Bertz CT molecular complexity index is 1050. The van der Waals surface area contributed by atoms with E-state index in [2.05, 4.69) is 53.3 Å². The summed E-state index contributed by atoms with van der Waals surface area (Å²) < 4.78 is 2.41. The van der Waals surface area contributed by atoms with Crippen molar-refractivity contribution in [1.29, 1.82) is 0 Å². The molecule has 0 saturated carbocycles. The van der Waals surface area contributed by atoms with Crippen molar-refractivity contribution in [3.8, 4) is 0 Å². The smallest absolute Gasteiger partial charge is 0.304 e. The summed E-state index contributed by atoms with van der Waals surface area (Å²) >= 11 is 0. The average molecular weight is 406 g/mol. The fourth-order valence-corrected chi connectivity index (χ4v) is 5.50. The number of rotatable bonds is 7. The molecule has 1 aromatic heterocycles. The Kier molecular flexibility index (Phi) is 5.65. The van der Waals surface area contributed by atoms with Crippen LogP contribution in [0.25, 0.3) is 10.9 Å². The number of carbonyl (C=O) groups is 1. The third-order valence-electron chi connectivity index (χ3n) is 6.97. The van der Waals surface area contributed by atoms with E-state index in [4.69, 9.17) is 0 Å². The number of carboxylic acid groups (broad SMARTS) is 1. The van der Waals surface area contributed by atoms with Crippen LogP contribution in [0.15, 0.2) is 47.1 Å². The van der Waals surface area contributed by atoms with Crippen LogP contribution >= 0.6 is 0 Å². The van der Waals surface area contributed by atoms with Crippen molar-refractivity contribution in [1.82, 2.24) is 9.47 Å². The third kappa shape index (κ3) is 3.52. The van der Waals surface area contributed by atoms with E-state index in [0.29, 0.717) is 18.6 Å². The van der Waals surface area contributed by atoms with Crippen molar-refractivity contribution < 1.29 is 9.90 Å². The predicted octanol–water partition coefficient (Wildman–Crippen LogP) is 4.89. The molecule has 3 heterocycles. The molecule has 0 aliphatic carbocycles. The van der Waals surface area contributed by atoms with Gasteiger partial charge in [-0.25, -0.2) is 0 Å². The van der Waals surface area contributed by atoms with Gasteiger partial charge in [0.1, 0.15) is 0 Å². The number of nitrogens with zero attached hydrogens (tertiary/aromatic N) is 3. The second kappa shape index (κ2) is 8.23. The van der Waals surface area contributed by atoms with Gasteiger partial charge in [0.15, 0.2) is 0 Å². The van der Waals surface area contributed by atoms with E-state index in [1.807, 2.05) is 19.1 Å². The van der Waals surface area contributed by atoms with E-state index < -0.39 is 5.97 Å². The molecule has 1 saturated heterocycles. The highest BCUT2D eigenvalue weighted by Gasteiger charge is 2.41. The highest BCUT2D eigenvalue weighted by molar-refractivity contribution is 5.87. The van der Waals surface area contributed by atoms with Crippen LogP contribution in [0.3, 0.4) is 0 Å². The minimum absolute atomic E-state index is 0.0915. The molecule has 5 heteroatoms. The second-order valence-electron chi connectivity index (χ2n) is 8.69. The van der Waals surface area contributed by atoms with Gasteiger partial charge in [0.25, 0.3) is 0 Å². The summed E-state index contributed by atoms with van der Waals surface area (Å²) in [5.74, 6) is -0.899. The van der Waals surface area contributed by atoms with Crippen molar-refractivity contribution in [3.63, 3.8) is 0 Å². The Morgan fingerprint density at radius 2 is 2.20 bits per heavy atom. The number of aliphatic imine (C=N–C) groups is 1. The van der Waals surface area contributed by atoms with E-state index in [1.165, 1.54) is 40.6 Å². The standard InChI is InChI=1S/C25H31N3O2/c1-5-17(10-11-26-3)18(13-24(29)30)15-28-21-8-6-16(2)12-20(21)25-22-9-7-19(27(22)4)14-23(25)28/h5-6,8,10-12,18-19,22H,3,7,9,13-15H2,1-2,4H3,(H,29,30)/b11-10-,17-5+. The van der Waals surface area contributed by atoms with Crippen molar-refractivity contribution in [2.24, 2.45) is 10.9 Å². The zero-order valence-electron chi connectivity index (χ0n) is 18.1. The van der Waals surface area contributed by atoms with Gasteiger partial charge in [0, 0.05) is 53.8 Å². The normalized spacial score (nSPS) is 22.6. The summed E-state index contributed by atoms with van der Waals surface area (Å²) in [7, 11) is 2.25. The summed E-state index contributed by atoms with van der Waals surface area (Å²) in [6.07, 6.45) is 9.09. The summed E-state index contributed by atoms with van der Waals surface area (Å²) in [4.78, 5) is 18.0. The van der Waals surface area contributed by atoms with Crippen molar-refractivity contribution in [3.05, 3.63) is 58.9 Å². The Morgan fingerprint density at radius 1 is 1.40 bits per heavy atom. The van der Waals surface area contributed by atoms with E-state index in [-0.39, 0.29) is 12.3 Å². The lowest BCUT2D eigenvalue weighted by Gasteiger charge is -2.33. The van der Waals surface area contributed by atoms with Crippen LogP contribution in [-0.2, 0) is 17.8 Å². The number of benzene rings is 1. The molecule has 0 spiro atoms. The first-order valence-corrected chi connectivity index (χ1v) is 10.8. The Labute approximate surface area is 178 Å². The van der Waals surface area contributed by atoms with Gasteiger partial charge in [0.2, 0.25) is 0 Å². The molecule has 2 aromatic rings. The molecule has 1 N–H and O–H groups in total. The number of aryl methyl sites for hydroxylation is 1. The maximum absolute atomic E-state index is 11.7. The van der Waals surface area contributed by atoms with Gasteiger partial charge in [-0.2, -0.15) is 0 Å². The first kappa shape index (κ1) is 20.6. The number of likely N-dealkylation sites (N-methyl/N-ethyl adjacent to an activating group) is 1. The minimum Gasteiger partial charge on any atom is -0.481 e. The van der Waals surface area contributed by atoms with Crippen LogP contribution < -0.4 is 0 Å². The number of aromatic nitrogens is 1. The van der Waals surface area contributed by atoms with Gasteiger partial charge in [0.05, 0.1) is 6.42 Å². The molecule has 0 amide bonds. The van der Waals surface area contributed by atoms with Gasteiger partial charge in [-0.1, -0.05) is 17.7 Å². The van der Waals surface area contributed by atoms with Crippen molar-refractivity contribution >= 4 is 23.6 Å². The molecule has 30 heavy (non-hydrogen) atoms. The lowest BCUT2D eigenvalue weighted by atomic mass is 9.94. The van der Waals surface area contributed by atoms with Crippen LogP contribution in [-0.4, -0.2) is 40.3 Å². The maximum atomic E-state index is 11.7. The van der Waals surface area contributed by atoms with E-state index in [9.17, 15) is 9.90 Å². The predicted molar refractivity (Wildman–Crippen MR) is 122 cm³/mol. The first-order valence-electron chi connectivity index (χ1n) is 10.8. The highest BCUT2D eigenvalue weighted by atomic mass is 16.4. The number of allylic oxidation sites excluding steroid dienone is 3. The number of aliphatic carboxylic acids is 1. The summed E-state index contributed by atoms with van der Waals surface area (Å²) in [6.45, 7) is 8.27. The highest BCUT2D eigenvalue weighted by Crippen LogP contribution is 2.47. The summed E-state index contributed by atoms with van der Waals surface area (Å²) in [5.41, 5.74) is 6.34. The monoisotopic (exact) mass is 405 g/mol. The third-order valence-corrected chi connectivity index (χ3v) is 6.97. The van der Waals surface area contributed by atoms with Gasteiger partial charge in [-0.15, -0.1) is 0 Å². The summed E-state index contributed by atoms with van der Waals surface area (Å²) in [5, 5.41) is 10.9. The van der Waals surface area contributed by atoms with Gasteiger partial charge < -0.3 is 9.67 Å². The zero-order valence-corrected chi connectivity index (χ0v) is 18.1. The SMILES string of the molecule is C=N/C=C\C(=C/C)C(CC(=O)O)Cn1c2c(c3cc(C)ccc31)C1CCC(C2)N1C. The van der Waals surface area contributed by atoms with E-state index in [0.717, 1.165) is 12.0 Å². The molecule has 1 aromatic carbocycles. The molecule has 0 radical (unpaired) electrons. The lowest BCUT2D eigenvalue weighted by molar-refractivity contribution is -0.137. The molecule has 2 aliphatic rings. The average Bonchev–Trinajstić information content (AvgIpc) is 3.11. The van der Waals surface area contributed by atoms with Crippen LogP contribution in [0.1, 0.15) is 49.0 Å². The molecule has 3 unspecified atom stereocenters. The second-order valence-corrected chi connectivity index (χ2v) is 8.69. The lowest BCUT2D eigenvalue weighted by Crippen LogP contribution is -2.35. The fourth-order valence-electron chi connectivity index (χ4n) is 5.50.